The molecule has 0 radical (unpaired) electrons. The number of carbonyl (C=O) groups is 1. The summed E-state index contributed by atoms with van der Waals surface area (Å²) in [5.74, 6) is 1.40. The maximum atomic E-state index is 11.8. The maximum absolute atomic E-state index is 11.8. The van der Waals surface area contributed by atoms with Crippen LogP contribution in [0.1, 0.15) is 37.3 Å². The Morgan fingerprint density at radius 3 is 2.79 bits per heavy atom. The Morgan fingerprint density at radius 2 is 2.21 bits per heavy atom. The highest BCUT2D eigenvalue weighted by atomic mass is 16.5. The molecule has 1 aromatic carbocycles. The SMILES string of the molecule is CCc1ccc(OC)c(CCNC(=O)C2CCC2)c1. The number of aryl methyl sites for hydroxylation is 1. The van der Waals surface area contributed by atoms with Gasteiger partial charge in [-0.2, -0.15) is 0 Å². The van der Waals surface area contributed by atoms with E-state index >= 15 is 0 Å². The Bertz CT molecular complexity index is 438. The topological polar surface area (TPSA) is 38.3 Å². The van der Waals surface area contributed by atoms with Crippen LogP contribution in [0.25, 0.3) is 0 Å². The summed E-state index contributed by atoms with van der Waals surface area (Å²) in [5, 5.41) is 3.03. The van der Waals surface area contributed by atoms with Crippen molar-refractivity contribution in [1.82, 2.24) is 5.32 Å². The molecule has 1 aliphatic carbocycles. The van der Waals surface area contributed by atoms with Crippen LogP contribution in [-0.2, 0) is 17.6 Å². The number of hydrogen-bond donors (Lipinski definition) is 1. The van der Waals surface area contributed by atoms with Crippen molar-refractivity contribution in [3.05, 3.63) is 29.3 Å². The summed E-state index contributed by atoms with van der Waals surface area (Å²) < 4.78 is 5.37. The number of rotatable bonds is 6. The molecule has 1 amide bonds. The number of benzene rings is 1. The molecule has 104 valence electrons. The van der Waals surface area contributed by atoms with Crippen LogP contribution in [0.5, 0.6) is 5.75 Å². The van der Waals surface area contributed by atoms with Crippen LogP contribution in [-0.4, -0.2) is 19.6 Å². The fourth-order valence-corrected chi connectivity index (χ4v) is 2.38. The standard InChI is InChI=1S/C16H23NO2/c1-3-12-7-8-15(19-2)14(11-12)9-10-17-16(18)13-5-4-6-13/h7-8,11,13H,3-6,9-10H2,1-2H3,(H,17,18). The molecular formula is C16H23NO2. The fraction of sp³-hybridized carbons (Fsp3) is 0.562. The van der Waals surface area contributed by atoms with E-state index in [9.17, 15) is 4.79 Å². The predicted octanol–water partition coefficient (Wildman–Crippen LogP) is 2.72. The van der Waals surface area contributed by atoms with Crippen molar-refractivity contribution in [2.24, 2.45) is 5.92 Å². The van der Waals surface area contributed by atoms with Crippen molar-refractivity contribution in [2.75, 3.05) is 13.7 Å². The number of methoxy groups -OCH3 is 1. The van der Waals surface area contributed by atoms with E-state index in [1.54, 1.807) is 7.11 Å². The lowest BCUT2D eigenvalue weighted by atomic mass is 9.85. The van der Waals surface area contributed by atoms with Gasteiger partial charge in [-0.1, -0.05) is 25.5 Å². The third-order valence-corrected chi connectivity index (χ3v) is 3.92. The molecule has 0 aliphatic heterocycles. The number of carbonyl (C=O) groups excluding carboxylic acids is 1. The van der Waals surface area contributed by atoms with Crippen molar-refractivity contribution in [2.45, 2.75) is 39.0 Å². The average molecular weight is 261 g/mol. The quantitative estimate of drug-likeness (QED) is 0.855. The van der Waals surface area contributed by atoms with Gasteiger partial charge in [0.15, 0.2) is 0 Å². The van der Waals surface area contributed by atoms with Gasteiger partial charge in [0, 0.05) is 12.5 Å². The molecule has 0 heterocycles. The summed E-state index contributed by atoms with van der Waals surface area (Å²) >= 11 is 0. The second kappa shape index (κ2) is 6.60. The van der Waals surface area contributed by atoms with Gasteiger partial charge >= 0.3 is 0 Å². The van der Waals surface area contributed by atoms with E-state index < -0.39 is 0 Å². The first-order valence-corrected chi connectivity index (χ1v) is 7.18. The lowest BCUT2D eigenvalue weighted by Crippen LogP contribution is -2.35. The van der Waals surface area contributed by atoms with E-state index in [0.717, 1.165) is 31.4 Å². The van der Waals surface area contributed by atoms with E-state index in [2.05, 4.69) is 24.4 Å². The Labute approximate surface area is 115 Å². The molecule has 1 fully saturated rings. The summed E-state index contributed by atoms with van der Waals surface area (Å²) in [7, 11) is 1.69. The molecule has 19 heavy (non-hydrogen) atoms. The highest BCUT2D eigenvalue weighted by molar-refractivity contribution is 5.79. The van der Waals surface area contributed by atoms with Gasteiger partial charge in [0.1, 0.15) is 5.75 Å². The maximum Gasteiger partial charge on any atom is 0.223 e. The Balaban J connectivity index is 1.88. The Hall–Kier alpha value is -1.51. The molecule has 0 unspecified atom stereocenters. The highest BCUT2D eigenvalue weighted by Gasteiger charge is 2.24. The summed E-state index contributed by atoms with van der Waals surface area (Å²) in [6.07, 6.45) is 5.16. The van der Waals surface area contributed by atoms with E-state index in [1.165, 1.54) is 17.5 Å². The van der Waals surface area contributed by atoms with Gasteiger partial charge in [0.2, 0.25) is 5.91 Å². The van der Waals surface area contributed by atoms with Gasteiger partial charge in [-0.05, 0) is 42.9 Å². The van der Waals surface area contributed by atoms with Gasteiger partial charge in [0.05, 0.1) is 7.11 Å². The number of nitrogens with one attached hydrogen (secondary N) is 1. The molecule has 1 N–H and O–H groups in total. The third kappa shape index (κ3) is 3.49. The van der Waals surface area contributed by atoms with Crippen LogP contribution < -0.4 is 10.1 Å². The van der Waals surface area contributed by atoms with E-state index in [-0.39, 0.29) is 11.8 Å². The zero-order valence-corrected chi connectivity index (χ0v) is 11.9. The van der Waals surface area contributed by atoms with Crippen molar-refractivity contribution in [3.8, 4) is 5.75 Å². The summed E-state index contributed by atoms with van der Waals surface area (Å²) in [6, 6.07) is 6.28. The summed E-state index contributed by atoms with van der Waals surface area (Å²) in [5.41, 5.74) is 2.48. The van der Waals surface area contributed by atoms with Gasteiger partial charge in [-0.3, -0.25) is 4.79 Å². The first kappa shape index (κ1) is 13.9. The van der Waals surface area contributed by atoms with Gasteiger partial charge in [-0.15, -0.1) is 0 Å². The lowest BCUT2D eigenvalue weighted by Gasteiger charge is -2.24. The van der Waals surface area contributed by atoms with E-state index in [1.807, 2.05) is 6.07 Å². The molecule has 0 saturated heterocycles. The fourth-order valence-electron chi connectivity index (χ4n) is 2.38. The first-order chi connectivity index (χ1) is 9.24. The molecule has 1 aliphatic rings. The highest BCUT2D eigenvalue weighted by Crippen LogP contribution is 2.26. The van der Waals surface area contributed by atoms with Gasteiger partial charge in [0.25, 0.3) is 0 Å². The minimum absolute atomic E-state index is 0.219. The molecule has 0 aromatic heterocycles. The van der Waals surface area contributed by atoms with Gasteiger partial charge in [-0.25, -0.2) is 0 Å². The molecule has 0 bridgehead atoms. The minimum atomic E-state index is 0.219. The largest absolute Gasteiger partial charge is 0.496 e. The Kier molecular flexibility index (Phi) is 4.83. The number of ether oxygens (including phenoxy) is 1. The van der Waals surface area contributed by atoms with Crippen LogP contribution in [0.15, 0.2) is 18.2 Å². The van der Waals surface area contributed by atoms with Gasteiger partial charge < -0.3 is 10.1 Å². The summed E-state index contributed by atoms with van der Waals surface area (Å²) in [6.45, 7) is 2.84. The minimum Gasteiger partial charge on any atom is -0.496 e. The monoisotopic (exact) mass is 261 g/mol. The van der Waals surface area contributed by atoms with Crippen LogP contribution >= 0.6 is 0 Å². The van der Waals surface area contributed by atoms with Crippen molar-refractivity contribution < 1.29 is 9.53 Å². The van der Waals surface area contributed by atoms with Crippen LogP contribution in [0.2, 0.25) is 0 Å². The van der Waals surface area contributed by atoms with Crippen LogP contribution in [0, 0.1) is 5.92 Å². The second-order valence-electron chi connectivity index (χ2n) is 5.17. The first-order valence-electron chi connectivity index (χ1n) is 7.18. The average Bonchev–Trinajstić information content (AvgIpc) is 2.36. The molecule has 1 saturated carbocycles. The molecule has 3 heteroatoms. The number of amides is 1. The molecule has 0 atom stereocenters. The normalized spacial score (nSPS) is 14.8. The molecule has 1 aromatic rings. The number of hydrogen-bond acceptors (Lipinski definition) is 2. The van der Waals surface area contributed by atoms with E-state index in [4.69, 9.17) is 4.74 Å². The van der Waals surface area contributed by atoms with Crippen molar-refractivity contribution >= 4 is 5.91 Å². The molecule has 3 nitrogen and oxygen atoms in total. The van der Waals surface area contributed by atoms with E-state index in [0.29, 0.717) is 6.54 Å². The predicted molar refractivity (Wildman–Crippen MR) is 76.4 cm³/mol. The van der Waals surface area contributed by atoms with Crippen LogP contribution in [0.3, 0.4) is 0 Å². The molecule has 2 rings (SSSR count). The zero-order chi connectivity index (χ0) is 13.7. The van der Waals surface area contributed by atoms with Crippen LogP contribution in [0.4, 0.5) is 0 Å². The van der Waals surface area contributed by atoms with Crippen molar-refractivity contribution in [3.63, 3.8) is 0 Å². The van der Waals surface area contributed by atoms with Crippen molar-refractivity contribution in [1.29, 1.82) is 0 Å². The molecular weight excluding hydrogens is 238 g/mol. The lowest BCUT2D eigenvalue weighted by molar-refractivity contribution is -0.127. The summed E-state index contributed by atoms with van der Waals surface area (Å²) in [4.78, 5) is 11.8. The zero-order valence-electron chi connectivity index (χ0n) is 11.9. The molecule has 0 spiro atoms. The third-order valence-electron chi connectivity index (χ3n) is 3.92. The Morgan fingerprint density at radius 1 is 1.42 bits per heavy atom. The second-order valence-corrected chi connectivity index (χ2v) is 5.17. The smallest absolute Gasteiger partial charge is 0.223 e.